The predicted octanol–water partition coefficient (Wildman–Crippen LogP) is 13.9. The van der Waals surface area contributed by atoms with Crippen LogP contribution in [0.25, 0.3) is 0 Å². The molecule has 13 nitrogen and oxygen atoms in total. The molecule has 4 heterocycles. The molecule has 2 bridgehead atoms. The van der Waals surface area contributed by atoms with Gasteiger partial charge in [-0.2, -0.15) is 0 Å². The van der Waals surface area contributed by atoms with Crippen LogP contribution >= 0.6 is 0 Å². The van der Waals surface area contributed by atoms with Crippen molar-refractivity contribution in [1.82, 2.24) is 9.13 Å². The molecule has 8 atom stereocenters. The van der Waals surface area contributed by atoms with Crippen molar-refractivity contribution in [3.8, 4) is 0 Å². The summed E-state index contributed by atoms with van der Waals surface area (Å²) < 4.78 is 54.8. The zero-order chi connectivity index (χ0) is 51.6. The van der Waals surface area contributed by atoms with Crippen LogP contribution in [-0.4, -0.2) is 81.1 Å². The highest BCUT2D eigenvalue weighted by Gasteiger charge is 2.72. The standard InChI is InChI=1S/C54H100N2O11Si6/c1-3-5-7-9-11-13-15-17-19-31-47-68(57)61-69(58,48-32-20-18-16-14-12-10-8-6-4-2)64-73(50-34-46-56-43-29-30-44-56)66-71(60,52-40-54-37-25-22-26-38-54)62-70(59,51-39-53-35-23-21-24-36-53)65-72(63-68,67-73)49-33-45-55-41-27-28-42-55/h21-23,25,27-30,41-44,53-54,57-60H,3-20,24,26,31-40,45-52H2,1-2H3. The minimum atomic E-state index is -4.43. The maximum atomic E-state index is 13.2. The summed E-state index contributed by atoms with van der Waals surface area (Å²) in [5.74, 6) is 0.635. The molecule has 6 rings (SSSR count). The molecule has 2 aromatic heterocycles. The first-order valence-electron chi connectivity index (χ1n) is 29.7. The highest BCUT2D eigenvalue weighted by molar-refractivity contribution is 6.94. The van der Waals surface area contributed by atoms with Crippen molar-refractivity contribution < 1.29 is 48.0 Å². The Kier molecular flexibility index (Phi) is 26.9. The van der Waals surface area contributed by atoms with Crippen molar-refractivity contribution in [3.05, 3.63) is 73.4 Å². The average Bonchev–Trinajstić information content (AvgIpc) is 4.09. The van der Waals surface area contributed by atoms with E-state index in [4.69, 9.17) is 28.8 Å². The van der Waals surface area contributed by atoms with Crippen molar-refractivity contribution in [2.75, 3.05) is 0 Å². The predicted molar refractivity (Wildman–Crippen MR) is 304 cm³/mol. The number of nitrogens with zero attached hydrogens (tertiary/aromatic N) is 2. The van der Waals surface area contributed by atoms with E-state index in [0.717, 1.165) is 77.0 Å². The maximum Gasteiger partial charge on any atom is 0.483 e. The van der Waals surface area contributed by atoms with Gasteiger partial charge in [0.15, 0.2) is 0 Å². The van der Waals surface area contributed by atoms with Crippen LogP contribution in [-0.2, 0) is 41.9 Å². The lowest BCUT2D eigenvalue weighted by Gasteiger charge is -2.52. The number of rotatable bonds is 36. The summed E-state index contributed by atoms with van der Waals surface area (Å²) in [6.45, 7) is 5.73. The number of unbranched alkanes of at least 4 members (excludes halogenated alkanes) is 18. The number of hydrogen-bond donors (Lipinski definition) is 4. The maximum absolute atomic E-state index is 13.2. The van der Waals surface area contributed by atoms with E-state index < -0.39 is 52.8 Å². The molecule has 4 aliphatic rings. The molecule has 2 saturated heterocycles. The van der Waals surface area contributed by atoms with E-state index in [9.17, 15) is 19.2 Å². The Morgan fingerprint density at radius 1 is 0.370 bits per heavy atom. The monoisotopic (exact) mass is 1120 g/mol. The Morgan fingerprint density at radius 2 is 0.699 bits per heavy atom. The minimum Gasteiger partial charge on any atom is -0.391 e. The molecule has 73 heavy (non-hydrogen) atoms. The lowest BCUT2D eigenvalue weighted by atomic mass is 9.92. The Bertz CT molecular complexity index is 1710. The second kappa shape index (κ2) is 32.1. The van der Waals surface area contributed by atoms with Gasteiger partial charge in [-0.1, -0.05) is 154 Å². The summed E-state index contributed by atoms with van der Waals surface area (Å²) in [7, 11) is -26.4. The molecule has 19 heteroatoms. The Hall–Kier alpha value is -1.10. The third-order valence-corrected chi connectivity index (χ3v) is 38.9. The minimum absolute atomic E-state index is 0.190. The molecule has 4 N–H and O–H groups in total. The van der Waals surface area contributed by atoms with Gasteiger partial charge in [-0.3, -0.25) is 0 Å². The number of aromatic nitrogens is 2. The fraction of sp³-hybridized carbons (Fsp3) is 0.778. The van der Waals surface area contributed by atoms with Gasteiger partial charge in [-0.05, 0) is 113 Å². The van der Waals surface area contributed by atoms with Crippen molar-refractivity contribution in [2.45, 2.75) is 256 Å². The van der Waals surface area contributed by atoms with Crippen molar-refractivity contribution in [2.24, 2.45) is 11.8 Å². The zero-order valence-corrected chi connectivity index (χ0v) is 51.5. The first-order valence-corrected chi connectivity index (χ1v) is 41.4. The SMILES string of the molecule is CCCCCCCCCCCC[Si]1(O)O[Si](O)(CCCCCCCCCCCC)O[Si]2(CCCn3cccc3)O[Si](O)(CCC3CC=CCC3)O[Si](O)(CCC3CC=CCC3)O[Si](CCCn3cccc3)(O1)O2. The van der Waals surface area contributed by atoms with Crippen LogP contribution in [0.15, 0.2) is 73.4 Å². The summed E-state index contributed by atoms with van der Waals surface area (Å²) in [4.78, 5) is 52.9. The largest absolute Gasteiger partial charge is 0.483 e. The second-order valence-electron chi connectivity index (χ2n) is 22.2. The molecule has 2 aromatic rings. The van der Waals surface area contributed by atoms with Crippen molar-refractivity contribution in [1.29, 1.82) is 0 Å². The first kappa shape index (κ1) is 61.1. The Morgan fingerprint density at radius 3 is 1.03 bits per heavy atom. The molecule has 0 amide bonds. The summed E-state index contributed by atoms with van der Waals surface area (Å²) in [5, 5.41) is 0. The fourth-order valence-corrected chi connectivity index (χ4v) is 40.2. The van der Waals surface area contributed by atoms with Crippen LogP contribution < -0.4 is 0 Å². The van der Waals surface area contributed by atoms with Crippen LogP contribution in [0.3, 0.4) is 0 Å². The molecule has 2 aliphatic carbocycles. The molecule has 0 aromatic carbocycles. The van der Waals surface area contributed by atoms with Gasteiger partial charge in [0.25, 0.3) is 0 Å². The lowest BCUT2D eigenvalue weighted by Crippen LogP contribution is -2.78. The lowest BCUT2D eigenvalue weighted by molar-refractivity contribution is 0.0293. The molecular formula is C54H100N2O11Si6. The third-order valence-electron chi connectivity index (χ3n) is 15.5. The van der Waals surface area contributed by atoms with Crippen molar-refractivity contribution >= 4 is 52.8 Å². The molecule has 8 unspecified atom stereocenters. The molecular weight excluding hydrogens is 1020 g/mol. The van der Waals surface area contributed by atoms with E-state index in [1.54, 1.807) is 0 Å². The van der Waals surface area contributed by atoms with E-state index >= 15 is 0 Å². The van der Waals surface area contributed by atoms with Gasteiger partial charge in [-0.25, -0.2) is 0 Å². The van der Waals surface area contributed by atoms with Gasteiger partial charge in [0.2, 0.25) is 0 Å². The summed E-state index contributed by atoms with van der Waals surface area (Å²) in [6, 6.07) is 9.21. The van der Waals surface area contributed by atoms with Crippen LogP contribution in [0.2, 0.25) is 36.3 Å². The Balaban J connectivity index is 1.35. The average molecular weight is 1120 g/mol. The van der Waals surface area contributed by atoms with Gasteiger partial charge in [0.1, 0.15) is 0 Å². The van der Waals surface area contributed by atoms with E-state index in [-0.39, 0.29) is 36.3 Å². The van der Waals surface area contributed by atoms with E-state index in [2.05, 4.69) is 47.3 Å². The van der Waals surface area contributed by atoms with Crippen LogP contribution in [0, 0.1) is 11.8 Å². The van der Waals surface area contributed by atoms with Crippen LogP contribution in [0.1, 0.15) is 206 Å². The summed E-state index contributed by atoms with van der Waals surface area (Å²) in [5.41, 5.74) is 0. The quantitative estimate of drug-likeness (QED) is 0.0293. The summed E-state index contributed by atoms with van der Waals surface area (Å²) >= 11 is 0. The zero-order valence-electron chi connectivity index (χ0n) is 45.5. The van der Waals surface area contributed by atoms with E-state index in [1.165, 1.54) is 77.0 Å². The van der Waals surface area contributed by atoms with Crippen LogP contribution in [0.4, 0.5) is 0 Å². The molecule has 2 aliphatic heterocycles. The van der Waals surface area contributed by atoms with Crippen LogP contribution in [0.5, 0.6) is 0 Å². The topological polar surface area (TPSA) is 155 Å². The fourth-order valence-electron chi connectivity index (χ4n) is 11.3. The smallest absolute Gasteiger partial charge is 0.391 e. The molecule has 0 spiro atoms. The van der Waals surface area contributed by atoms with Gasteiger partial charge in [-0.15, -0.1) is 0 Å². The van der Waals surface area contributed by atoms with Gasteiger partial charge >= 0.3 is 52.8 Å². The molecule has 2 fully saturated rings. The first-order chi connectivity index (χ1) is 35.4. The van der Waals surface area contributed by atoms with Gasteiger partial charge in [0, 0.05) is 74.1 Å². The van der Waals surface area contributed by atoms with E-state index in [0.29, 0.717) is 63.5 Å². The molecule has 0 radical (unpaired) electrons. The Labute approximate surface area is 448 Å². The third kappa shape index (κ3) is 22.3. The number of aryl methyl sites for hydroxylation is 2. The van der Waals surface area contributed by atoms with Gasteiger partial charge in [0.05, 0.1) is 0 Å². The highest BCUT2D eigenvalue weighted by atomic mass is 28.6. The number of fused-ring (bicyclic) bond motifs is 2. The normalized spacial score (nSPS) is 30.8. The van der Waals surface area contributed by atoms with Gasteiger partial charge < -0.3 is 57.1 Å². The summed E-state index contributed by atoms with van der Waals surface area (Å²) in [6.07, 6.45) is 47.5. The highest BCUT2D eigenvalue weighted by Crippen LogP contribution is 2.45. The second-order valence-corrected chi connectivity index (χ2v) is 39.4. The molecule has 416 valence electrons. The number of allylic oxidation sites excluding steroid dienone is 4. The van der Waals surface area contributed by atoms with Crippen molar-refractivity contribution in [3.63, 3.8) is 0 Å². The number of hydrogen-bond acceptors (Lipinski definition) is 11. The molecule has 0 saturated carbocycles. The van der Waals surface area contributed by atoms with E-state index in [1.807, 2.05) is 49.1 Å².